The van der Waals surface area contributed by atoms with E-state index in [0.29, 0.717) is 6.61 Å². The van der Waals surface area contributed by atoms with Crippen LogP contribution in [0.1, 0.15) is 33.3 Å². The fourth-order valence-electron chi connectivity index (χ4n) is 1.54. The average Bonchev–Trinajstić information content (AvgIpc) is 2.17. The first-order valence-electron chi connectivity index (χ1n) is 5.63. The van der Waals surface area contributed by atoms with Gasteiger partial charge in [-0.25, -0.2) is 0 Å². The molecule has 2 heteroatoms. The first kappa shape index (κ1) is 12.8. The van der Waals surface area contributed by atoms with Crippen LogP contribution in [-0.4, -0.2) is 12.4 Å². The third-order valence-electron chi connectivity index (χ3n) is 2.07. The molecule has 0 saturated heterocycles. The third-order valence-corrected chi connectivity index (χ3v) is 2.07. The van der Waals surface area contributed by atoms with Gasteiger partial charge in [0.1, 0.15) is 5.75 Å². The number of benzene rings is 1. The van der Waals surface area contributed by atoms with E-state index in [9.17, 15) is 0 Å². The standard InChI is InChI=1S/C14H20O2/c1-5-8-12-9-7-10-13(11-12)16-14(3,4)15-6-2/h5,7-11H,6H2,1-4H3. The molecule has 0 amide bonds. The van der Waals surface area contributed by atoms with E-state index >= 15 is 0 Å². The van der Waals surface area contributed by atoms with Crippen LogP contribution in [-0.2, 0) is 4.74 Å². The fourth-order valence-corrected chi connectivity index (χ4v) is 1.54. The van der Waals surface area contributed by atoms with Crippen LogP contribution >= 0.6 is 0 Å². The lowest BCUT2D eigenvalue weighted by atomic mass is 10.2. The maximum Gasteiger partial charge on any atom is 0.204 e. The smallest absolute Gasteiger partial charge is 0.204 e. The lowest BCUT2D eigenvalue weighted by Gasteiger charge is -2.26. The minimum atomic E-state index is -0.580. The Bertz CT molecular complexity index is 354. The molecule has 0 saturated carbocycles. The van der Waals surface area contributed by atoms with Gasteiger partial charge in [0, 0.05) is 20.5 Å². The molecule has 0 fully saturated rings. The van der Waals surface area contributed by atoms with Gasteiger partial charge in [0.2, 0.25) is 5.79 Å². The van der Waals surface area contributed by atoms with Gasteiger partial charge in [-0.1, -0.05) is 24.3 Å². The Morgan fingerprint density at radius 2 is 2.06 bits per heavy atom. The molecule has 1 rings (SSSR count). The zero-order valence-corrected chi connectivity index (χ0v) is 10.5. The molecule has 88 valence electrons. The van der Waals surface area contributed by atoms with Crippen molar-refractivity contribution in [3.8, 4) is 5.75 Å². The molecule has 0 heterocycles. The maximum absolute atomic E-state index is 5.77. The predicted molar refractivity (Wildman–Crippen MR) is 67.5 cm³/mol. The highest BCUT2D eigenvalue weighted by Gasteiger charge is 2.19. The van der Waals surface area contributed by atoms with Crippen LogP contribution in [0.5, 0.6) is 5.75 Å². The van der Waals surface area contributed by atoms with E-state index in [1.54, 1.807) is 0 Å². The fraction of sp³-hybridized carbons (Fsp3) is 0.429. The Labute approximate surface area is 97.9 Å². The van der Waals surface area contributed by atoms with Gasteiger partial charge in [-0.3, -0.25) is 0 Å². The van der Waals surface area contributed by atoms with Crippen molar-refractivity contribution in [1.82, 2.24) is 0 Å². The number of ether oxygens (including phenoxy) is 2. The monoisotopic (exact) mass is 220 g/mol. The van der Waals surface area contributed by atoms with Gasteiger partial charge in [0.15, 0.2) is 0 Å². The first-order chi connectivity index (χ1) is 7.57. The molecule has 0 radical (unpaired) electrons. The minimum absolute atomic E-state index is 0.580. The van der Waals surface area contributed by atoms with E-state index in [4.69, 9.17) is 9.47 Å². The van der Waals surface area contributed by atoms with Gasteiger partial charge in [0.25, 0.3) is 0 Å². The molecular weight excluding hydrogens is 200 g/mol. The van der Waals surface area contributed by atoms with Crippen molar-refractivity contribution < 1.29 is 9.47 Å². The number of hydrogen-bond donors (Lipinski definition) is 0. The zero-order chi connectivity index (χ0) is 12.0. The summed E-state index contributed by atoms with van der Waals surface area (Å²) in [5.41, 5.74) is 1.13. The zero-order valence-electron chi connectivity index (χ0n) is 10.5. The van der Waals surface area contributed by atoms with E-state index in [1.807, 2.05) is 64.1 Å². The van der Waals surface area contributed by atoms with E-state index in [1.165, 1.54) is 0 Å². The summed E-state index contributed by atoms with van der Waals surface area (Å²) >= 11 is 0. The molecule has 0 aliphatic rings. The van der Waals surface area contributed by atoms with Gasteiger partial charge in [0.05, 0.1) is 0 Å². The molecule has 1 aromatic rings. The first-order valence-corrected chi connectivity index (χ1v) is 5.63. The minimum Gasteiger partial charge on any atom is -0.463 e. The summed E-state index contributed by atoms with van der Waals surface area (Å²) in [4.78, 5) is 0. The molecule has 0 atom stereocenters. The Balaban J connectivity index is 2.77. The molecule has 0 spiro atoms. The Kier molecular flexibility index (Phi) is 4.56. The second-order valence-electron chi connectivity index (χ2n) is 4.01. The summed E-state index contributed by atoms with van der Waals surface area (Å²) in [5.74, 6) is 0.248. The van der Waals surface area contributed by atoms with Crippen LogP contribution in [0.3, 0.4) is 0 Å². The van der Waals surface area contributed by atoms with Crippen molar-refractivity contribution in [3.05, 3.63) is 35.9 Å². The second-order valence-corrected chi connectivity index (χ2v) is 4.01. The number of hydrogen-bond acceptors (Lipinski definition) is 2. The summed E-state index contributed by atoms with van der Waals surface area (Å²) < 4.78 is 11.3. The highest BCUT2D eigenvalue weighted by molar-refractivity contribution is 5.51. The molecule has 0 aliphatic carbocycles. The summed E-state index contributed by atoms with van der Waals surface area (Å²) in [5, 5.41) is 0. The maximum atomic E-state index is 5.77. The quantitative estimate of drug-likeness (QED) is 0.701. The molecule has 2 nitrogen and oxygen atoms in total. The highest BCUT2D eigenvalue weighted by atomic mass is 16.7. The third kappa shape index (κ3) is 4.07. The molecule has 0 bridgehead atoms. The average molecular weight is 220 g/mol. The summed E-state index contributed by atoms with van der Waals surface area (Å²) in [6.07, 6.45) is 4.05. The largest absolute Gasteiger partial charge is 0.463 e. The van der Waals surface area contributed by atoms with E-state index in [-0.39, 0.29) is 0 Å². The van der Waals surface area contributed by atoms with Crippen molar-refractivity contribution in [3.63, 3.8) is 0 Å². The Morgan fingerprint density at radius 1 is 1.31 bits per heavy atom. The van der Waals surface area contributed by atoms with Crippen molar-refractivity contribution in [1.29, 1.82) is 0 Å². The van der Waals surface area contributed by atoms with Gasteiger partial charge in [-0.05, 0) is 31.5 Å². The van der Waals surface area contributed by atoms with Gasteiger partial charge in [-0.2, -0.15) is 0 Å². The van der Waals surface area contributed by atoms with Gasteiger partial charge < -0.3 is 9.47 Å². The van der Waals surface area contributed by atoms with Crippen molar-refractivity contribution in [2.75, 3.05) is 6.61 Å². The van der Waals surface area contributed by atoms with Crippen molar-refractivity contribution in [2.24, 2.45) is 0 Å². The number of allylic oxidation sites excluding steroid dienone is 1. The van der Waals surface area contributed by atoms with Gasteiger partial charge >= 0.3 is 0 Å². The number of rotatable bonds is 5. The molecule has 1 aromatic carbocycles. The van der Waals surface area contributed by atoms with E-state index in [2.05, 4.69) is 0 Å². The van der Waals surface area contributed by atoms with E-state index < -0.39 is 5.79 Å². The molecule has 0 N–H and O–H groups in total. The molecule has 0 unspecified atom stereocenters. The van der Waals surface area contributed by atoms with Gasteiger partial charge in [-0.15, -0.1) is 0 Å². The van der Waals surface area contributed by atoms with Crippen LogP contribution in [0.15, 0.2) is 30.3 Å². The molecule has 0 aromatic heterocycles. The second kappa shape index (κ2) is 5.71. The van der Waals surface area contributed by atoms with E-state index in [0.717, 1.165) is 11.3 Å². The topological polar surface area (TPSA) is 18.5 Å². The molecule has 16 heavy (non-hydrogen) atoms. The van der Waals surface area contributed by atoms with Crippen molar-refractivity contribution >= 4 is 6.08 Å². The van der Waals surface area contributed by atoms with Crippen molar-refractivity contribution in [2.45, 2.75) is 33.5 Å². The molecule has 0 aliphatic heterocycles. The van der Waals surface area contributed by atoms with Crippen LogP contribution in [0, 0.1) is 0 Å². The summed E-state index contributed by atoms with van der Waals surface area (Å²) in [7, 11) is 0. The lowest BCUT2D eigenvalue weighted by Crippen LogP contribution is -2.31. The van der Waals surface area contributed by atoms with Crippen LogP contribution in [0.2, 0.25) is 0 Å². The normalized spacial score (nSPS) is 12.0. The Hall–Kier alpha value is -1.28. The Morgan fingerprint density at radius 3 is 2.69 bits per heavy atom. The molecular formula is C14H20O2. The summed E-state index contributed by atoms with van der Waals surface area (Å²) in [6, 6.07) is 7.96. The summed E-state index contributed by atoms with van der Waals surface area (Å²) in [6.45, 7) is 8.43. The van der Waals surface area contributed by atoms with Crippen LogP contribution < -0.4 is 4.74 Å². The van der Waals surface area contributed by atoms with Crippen LogP contribution in [0.4, 0.5) is 0 Å². The predicted octanol–water partition coefficient (Wildman–Crippen LogP) is 3.87. The highest BCUT2D eigenvalue weighted by Crippen LogP contribution is 2.21. The van der Waals surface area contributed by atoms with Crippen LogP contribution in [0.25, 0.3) is 6.08 Å². The SMILES string of the molecule is CC=Cc1cccc(OC(C)(C)OCC)c1. The lowest BCUT2D eigenvalue weighted by molar-refractivity contribution is -0.152.